The van der Waals surface area contributed by atoms with Crippen LogP contribution in [0, 0.1) is 11.8 Å². The maximum Gasteiger partial charge on any atom is 0.192 e. The highest BCUT2D eigenvalue weighted by atomic mass is 28.4. The molecule has 0 spiro atoms. The summed E-state index contributed by atoms with van der Waals surface area (Å²) in [5, 5.41) is 9.98. The summed E-state index contributed by atoms with van der Waals surface area (Å²) in [6, 6.07) is 7.94. The molecule has 0 unspecified atom stereocenters. The standard InChI is InChI=1S/C23H42O4Si/c1-10-21(27-28(8,9)23(4,5)6)18(3)22(17(2)15-24)26-16-19-11-13-20(25-7)14-12-19/h11-14,17-18,21-22,24H,10,15-16H2,1-9H3/t17-,18+,21-,22-/m1/s1. The minimum atomic E-state index is -1.87. The van der Waals surface area contributed by atoms with Gasteiger partial charge in [0.2, 0.25) is 0 Å². The van der Waals surface area contributed by atoms with Crippen LogP contribution >= 0.6 is 0 Å². The van der Waals surface area contributed by atoms with Crippen molar-refractivity contribution in [1.29, 1.82) is 0 Å². The second-order valence-corrected chi connectivity index (χ2v) is 14.2. The molecule has 0 aliphatic heterocycles. The molecule has 5 heteroatoms. The number of hydrogen-bond donors (Lipinski definition) is 1. The van der Waals surface area contributed by atoms with E-state index in [2.05, 4.69) is 47.7 Å². The van der Waals surface area contributed by atoms with Crippen LogP contribution in [-0.4, -0.2) is 39.3 Å². The van der Waals surface area contributed by atoms with Gasteiger partial charge in [-0.1, -0.05) is 53.7 Å². The number of benzene rings is 1. The van der Waals surface area contributed by atoms with Gasteiger partial charge in [0.15, 0.2) is 8.32 Å². The van der Waals surface area contributed by atoms with Crippen LogP contribution in [-0.2, 0) is 15.8 Å². The molecule has 0 amide bonds. The van der Waals surface area contributed by atoms with E-state index in [1.165, 1.54) is 0 Å². The molecule has 0 aromatic heterocycles. The van der Waals surface area contributed by atoms with Gasteiger partial charge in [0.05, 0.1) is 19.8 Å². The molecule has 1 aromatic carbocycles. The highest BCUT2D eigenvalue weighted by Crippen LogP contribution is 2.39. The van der Waals surface area contributed by atoms with E-state index in [1.807, 2.05) is 31.2 Å². The third kappa shape index (κ3) is 6.87. The molecule has 0 fully saturated rings. The second kappa shape index (κ2) is 10.8. The molecule has 0 saturated heterocycles. The Morgan fingerprint density at radius 3 is 2.07 bits per heavy atom. The first-order valence-electron chi connectivity index (χ1n) is 10.5. The zero-order valence-corrected chi connectivity index (χ0v) is 20.4. The predicted octanol–water partition coefficient (Wildman–Crippen LogP) is 5.65. The Balaban J connectivity index is 2.90. The summed E-state index contributed by atoms with van der Waals surface area (Å²) in [4.78, 5) is 0. The maximum absolute atomic E-state index is 9.81. The van der Waals surface area contributed by atoms with Crippen molar-refractivity contribution in [1.82, 2.24) is 0 Å². The molecule has 162 valence electrons. The Morgan fingerprint density at radius 1 is 1.07 bits per heavy atom. The lowest BCUT2D eigenvalue weighted by Crippen LogP contribution is -2.48. The van der Waals surface area contributed by atoms with Crippen molar-refractivity contribution in [3.63, 3.8) is 0 Å². The Morgan fingerprint density at radius 2 is 1.64 bits per heavy atom. The molecular formula is C23H42O4Si. The number of hydrogen-bond acceptors (Lipinski definition) is 4. The summed E-state index contributed by atoms with van der Waals surface area (Å²) in [6.45, 7) is 18.4. The molecule has 0 saturated carbocycles. The van der Waals surface area contributed by atoms with Crippen LogP contribution in [0.15, 0.2) is 24.3 Å². The number of aliphatic hydroxyl groups excluding tert-OH is 1. The first-order valence-corrected chi connectivity index (χ1v) is 13.4. The molecule has 28 heavy (non-hydrogen) atoms. The van der Waals surface area contributed by atoms with Gasteiger partial charge in [-0.2, -0.15) is 0 Å². The van der Waals surface area contributed by atoms with Gasteiger partial charge >= 0.3 is 0 Å². The van der Waals surface area contributed by atoms with E-state index in [4.69, 9.17) is 13.9 Å². The third-order valence-electron chi connectivity index (χ3n) is 6.21. The van der Waals surface area contributed by atoms with Crippen LogP contribution in [0.2, 0.25) is 18.1 Å². The number of aliphatic hydroxyl groups is 1. The SMILES string of the molecule is CC[C@@H](O[Si](C)(C)C(C)(C)C)[C@H](C)[C@H](OCc1ccc(OC)cc1)[C@H](C)CO. The van der Waals surface area contributed by atoms with Crippen molar-refractivity contribution in [3.05, 3.63) is 29.8 Å². The second-order valence-electron chi connectivity index (χ2n) is 9.47. The lowest BCUT2D eigenvalue weighted by Gasteiger charge is -2.42. The van der Waals surface area contributed by atoms with Crippen molar-refractivity contribution >= 4 is 8.32 Å². The molecule has 0 bridgehead atoms. The van der Waals surface area contributed by atoms with E-state index in [1.54, 1.807) is 7.11 Å². The van der Waals surface area contributed by atoms with Gasteiger partial charge in [0.1, 0.15) is 5.75 Å². The molecule has 1 aromatic rings. The summed E-state index contributed by atoms with van der Waals surface area (Å²) < 4.78 is 18.3. The monoisotopic (exact) mass is 410 g/mol. The summed E-state index contributed by atoms with van der Waals surface area (Å²) in [7, 11) is -0.206. The first kappa shape index (κ1) is 25.2. The zero-order valence-electron chi connectivity index (χ0n) is 19.4. The van der Waals surface area contributed by atoms with Gasteiger partial charge in [-0.25, -0.2) is 0 Å². The van der Waals surface area contributed by atoms with E-state index in [-0.39, 0.29) is 35.7 Å². The van der Waals surface area contributed by atoms with Crippen molar-refractivity contribution in [2.45, 2.75) is 84.9 Å². The molecule has 1 N–H and O–H groups in total. The third-order valence-corrected chi connectivity index (χ3v) is 10.7. The zero-order chi connectivity index (χ0) is 21.5. The van der Waals surface area contributed by atoms with Crippen LogP contribution in [0.3, 0.4) is 0 Å². The fourth-order valence-corrected chi connectivity index (χ4v) is 4.67. The molecule has 0 aliphatic carbocycles. The Bertz CT molecular complexity index is 565. The normalized spacial score (nSPS) is 17.1. The quantitative estimate of drug-likeness (QED) is 0.479. The van der Waals surface area contributed by atoms with Crippen LogP contribution < -0.4 is 4.74 Å². The van der Waals surface area contributed by atoms with E-state index in [0.29, 0.717) is 6.61 Å². The summed E-state index contributed by atoms with van der Waals surface area (Å²) >= 11 is 0. The van der Waals surface area contributed by atoms with Gasteiger partial charge < -0.3 is 19.0 Å². The fraction of sp³-hybridized carbons (Fsp3) is 0.739. The van der Waals surface area contributed by atoms with Gasteiger partial charge in [-0.05, 0) is 42.2 Å². The Kier molecular flexibility index (Phi) is 9.67. The van der Waals surface area contributed by atoms with E-state index < -0.39 is 8.32 Å². The van der Waals surface area contributed by atoms with Crippen molar-refractivity contribution in [3.8, 4) is 5.75 Å². The summed E-state index contributed by atoms with van der Waals surface area (Å²) in [6.07, 6.45) is 0.992. The van der Waals surface area contributed by atoms with Gasteiger partial charge in [-0.15, -0.1) is 0 Å². The van der Waals surface area contributed by atoms with Crippen LogP contribution in [0.5, 0.6) is 5.75 Å². The Labute approximate surface area is 173 Å². The summed E-state index contributed by atoms with van der Waals surface area (Å²) in [5.41, 5.74) is 1.10. The molecular weight excluding hydrogens is 368 g/mol. The molecule has 4 atom stereocenters. The van der Waals surface area contributed by atoms with E-state index in [0.717, 1.165) is 17.7 Å². The number of ether oxygens (including phenoxy) is 2. The molecule has 0 aliphatic rings. The molecule has 0 heterocycles. The minimum absolute atomic E-state index is 0.0466. The fourth-order valence-electron chi connectivity index (χ4n) is 3.18. The van der Waals surface area contributed by atoms with Crippen molar-refractivity contribution in [2.24, 2.45) is 11.8 Å². The average molecular weight is 411 g/mol. The van der Waals surface area contributed by atoms with E-state index in [9.17, 15) is 5.11 Å². The Hall–Kier alpha value is -0.883. The number of rotatable bonds is 11. The van der Waals surface area contributed by atoms with E-state index >= 15 is 0 Å². The topological polar surface area (TPSA) is 47.9 Å². The number of methoxy groups -OCH3 is 1. The minimum Gasteiger partial charge on any atom is -0.497 e. The lowest BCUT2D eigenvalue weighted by atomic mass is 9.88. The largest absolute Gasteiger partial charge is 0.497 e. The van der Waals surface area contributed by atoms with Gasteiger partial charge in [0, 0.05) is 24.5 Å². The average Bonchev–Trinajstić information content (AvgIpc) is 2.65. The van der Waals surface area contributed by atoms with Crippen LogP contribution in [0.25, 0.3) is 0 Å². The molecule has 0 radical (unpaired) electrons. The van der Waals surface area contributed by atoms with Crippen LogP contribution in [0.4, 0.5) is 0 Å². The molecule has 4 nitrogen and oxygen atoms in total. The summed E-state index contributed by atoms with van der Waals surface area (Å²) in [5.74, 6) is 1.08. The highest BCUT2D eigenvalue weighted by Gasteiger charge is 2.41. The first-order chi connectivity index (χ1) is 13.0. The van der Waals surface area contributed by atoms with Crippen molar-refractivity contribution < 1.29 is 19.0 Å². The van der Waals surface area contributed by atoms with Gasteiger partial charge in [-0.3, -0.25) is 0 Å². The predicted molar refractivity (Wildman–Crippen MR) is 119 cm³/mol. The van der Waals surface area contributed by atoms with Crippen LogP contribution in [0.1, 0.15) is 53.5 Å². The smallest absolute Gasteiger partial charge is 0.192 e. The highest BCUT2D eigenvalue weighted by molar-refractivity contribution is 6.74. The van der Waals surface area contributed by atoms with Gasteiger partial charge in [0.25, 0.3) is 0 Å². The molecule has 1 rings (SSSR count). The maximum atomic E-state index is 9.81. The van der Waals surface area contributed by atoms with Crippen molar-refractivity contribution in [2.75, 3.05) is 13.7 Å². The lowest BCUT2D eigenvalue weighted by molar-refractivity contribution is -0.0720.